The molecule has 0 saturated heterocycles. The summed E-state index contributed by atoms with van der Waals surface area (Å²) < 4.78 is 5.77. The van der Waals surface area contributed by atoms with Crippen molar-refractivity contribution in [1.29, 1.82) is 0 Å². The minimum Gasteiger partial charge on any atom is -0.449 e. The van der Waals surface area contributed by atoms with E-state index in [4.69, 9.17) is 4.42 Å². The van der Waals surface area contributed by atoms with Gasteiger partial charge in [0.1, 0.15) is 11.3 Å². The fourth-order valence-electron chi connectivity index (χ4n) is 2.90. The van der Waals surface area contributed by atoms with Gasteiger partial charge < -0.3 is 15.1 Å². The van der Waals surface area contributed by atoms with Crippen LogP contribution < -0.4 is 10.6 Å². The third-order valence-electron chi connectivity index (χ3n) is 4.42. The molecule has 0 unspecified atom stereocenters. The van der Waals surface area contributed by atoms with Crippen LogP contribution in [0.15, 0.2) is 46.9 Å². The lowest BCUT2D eigenvalue weighted by atomic mass is 10.1. The second-order valence-corrected chi connectivity index (χ2v) is 7.20. The van der Waals surface area contributed by atoms with Crippen LogP contribution in [0.5, 0.6) is 0 Å². The van der Waals surface area contributed by atoms with Crippen LogP contribution in [0.2, 0.25) is 0 Å². The number of carbonyl (C=O) groups is 2. The summed E-state index contributed by atoms with van der Waals surface area (Å²) in [5.74, 6) is -0.214. The number of rotatable bonds is 5. The number of aryl methyl sites for hydroxylation is 2. The van der Waals surface area contributed by atoms with Crippen LogP contribution in [0, 0.1) is 19.8 Å². The molecule has 27 heavy (non-hydrogen) atoms. The van der Waals surface area contributed by atoms with E-state index in [-0.39, 0.29) is 17.6 Å². The Morgan fingerprint density at radius 3 is 2.44 bits per heavy atom. The van der Waals surface area contributed by atoms with Crippen molar-refractivity contribution >= 4 is 34.2 Å². The molecule has 0 aliphatic rings. The summed E-state index contributed by atoms with van der Waals surface area (Å²) in [4.78, 5) is 25.1. The first-order valence-electron chi connectivity index (χ1n) is 9.05. The highest BCUT2D eigenvalue weighted by molar-refractivity contribution is 6.14. The van der Waals surface area contributed by atoms with Crippen LogP contribution in [0.25, 0.3) is 11.0 Å². The molecule has 0 spiro atoms. The average Bonchev–Trinajstić information content (AvgIpc) is 2.96. The lowest BCUT2D eigenvalue weighted by Gasteiger charge is -2.09. The van der Waals surface area contributed by atoms with E-state index in [0.29, 0.717) is 28.8 Å². The third-order valence-corrected chi connectivity index (χ3v) is 4.42. The van der Waals surface area contributed by atoms with Crippen molar-refractivity contribution in [1.82, 2.24) is 0 Å². The van der Waals surface area contributed by atoms with E-state index in [0.717, 1.165) is 11.1 Å². The molecule has 0 aliphatic carbocycles. The molecule has 2 aromatic carbocycles. The van der Waals surface area contributed by atoms with Crippen LogP contribution in [-0.2, 0) is 4.79 Å². The van der Waals surface area contributed by atoms with E-state index in [2.05, 4.69) is 10.6 Å². The van der Waals surface area contributed by atoms with E-state index in [1.165, 1.54) is 0 Å². The highest BCUT2D eigenvalue weighted by Crippen LogP contribution is 2.32. The SMILES string of the molecule is Cc1ccc(NC(=O)c2oc3ccccc3c2NC(=O)CC(C)C)cc1C. The zero-order chi connectivity index (χ0) is 19.6. The minimum atomic E-state index is -0.394. The Bertz CT molecular complexity index is 1000. The molecule has 0 saturated carbocycles. The quantitative estimate of drug-likeness (QED) is 0.646. The summed E-state index contributed by atoms with van der Waals surface area (Å²) in [6.45, 7) is 7.95. The van der Waals surface area contributed by atoms with Gasteiger partial charge in [0, 0.05) is 17.5 Å². The van der Waals surface area contributed by atoms with Gasteiger partial charge in [-0.15, -0.1) is 0 Å². The monoisotopic (exact) mass is 364 g/mol. The summed E-state index contributed by atoms with van der Waals surface area (Å²) in [5, 5.41) is 6.42. The summed E-state index contributed by atoms with van der Waals surface area (Å²) in [7, 11) is 0. The first-order chi connectivity index (χ1) is 12.8. The number of hydrogen-bond donors (Lipinski definition) is 2. The van der Waals surface area contributed by atoms with Gasteiger partial charge in [-0.2, -0.15) is 0 Å². The van der Waals surface area contributed by atoms with Crippen molar-refractivity contribution in [3.8, 4) is 0 Å². The number of nitrogens with one attached hydrogen (secondary N) is 2. The predicted molar refractivity (Wildman–Crippen MR) is 108 cm³/mol. The molecule has 0 radical (unpaired) electrons. The minimum absolute atomic E-state index is 0.103. The molecule has 140 valence electrons. The Balaban J connectivity index is 1.94. The number of benzene rings is 2. The fraction of sp³-hybridized carbons (Fsp3) is 0.273. The van der Waals surface area contributed by atoms with Gasteiger partial charge in [0.15, 0.2) is 0 Å². The summed E-state index contributed by atoms with van der Waals surface area (Å²) >= 11 is 0. The van der Waals surface area contributed by atoms with Crippen molar-refractivity contribution < 1.29 is 14.0 Å². The van der Waals surface area contributed by atoms with Gasteiger partial charge in [0.25, 0.3) is 5.91 Å². The van der Waals surface area contributed by atoms with Crippen LogP contribution in [0.1, 0.15) is 41.9 Å². The normalized spacial score (nSPS) is 11.0. The topological polar surface area (TPSA) is 71.3 Å². The molecule has 5 nitrogen and oxygen atoms in total. The molecule has 0 atom stereocenters. The smallest absolute Gasteiger partial charge is 0.293 e. The summed E-state index contributed by atoms with van der Waals surface area (Å²) in [6, 6.07) is 13.0. The number of carbonyl (C=O) groups excluding carboxylic acids is 2. The second-order valence-electron chi connectivity index (χ2n) is 7.20. The molecule has 0 bridgehead atoms. The number of hydrogen-bond acceptors (Lipinski definition) is 3. The standard InChI is InChI=1S/C22H24N2O3/c1-13(2)11-19(25)24-20-17-7-5-6-8-18(17)27-21(20)22(26)23-16-10-9-14(3)15(4)12-16/h5-10,12-13H,11H2,1-4H3,(H,23,26)(H,24,25). The first-order valence-corrected chi connectivity index (χ1v) is 9.05. The number of anilines is 2. The van der Waals surface area contributed by atoms with E-state index >= 15 is 0 Å². The van der Waals surface area contributed by atoms with E-state index < -0.39 is 5.91 Å². The van der Waals surface area contributed by atoms with Crippen molar-refractivity contribution in [2.75, 3.05) is 10.6 Å². The zero-order valence-electron chi connectivity index (χ0n) is 16.1. The van der Waals surface area contributed by atoms with Crippen molar-refractivity contribution in [3.05, 3.63) is 59.4 Å². The van der Waals surface area contributed by atoms with Gasteiger partial charge in [-0.3, -0.25) is 9.59 Å². The Morgan fingerprint density at radius 2 is 1.74 bits per heavy atom. The first kappa shape index (κ1) is 18.7. The van der Waals surface area contributed by atoms with Gasteiger partial charge in [0.05, 0.1) is 0 Å². The molecule has 2 amide bonds. The maximum absolute atomic E-state index is 12.8. The van der Waals surface area contributed by atoms with Crippen LogP contribution >= 0.6 is 0 Å². The number of furan rings is 1. The molecule has 3 aromatic rings. The van der Waals surface area contributed by atoms with Gasteiger partial charge in [-0.25, -0.2) is 0 Å². The molecule has 1 aromatic heterocycles. The Labute approximate surface area is 158 Å². The van der Waals surface area contributed by atoms with Gasteiger partial charge in [-0.1, -0.05) is 32.0 Å². The highest BCUT2D eigenvalue weighted by atomic mass is 16.3. The molecular weight excluding hydrogens is 340 g/mol. The number of para-hydroxylation sites is 1. The zero-order valence-corrected chi connectivity index (χ0v) is 16.1. The second kappa shape index (κ2) is 7.66. The lowest BCUT2D eigenvalue weighted by molar-refractivity contribution is -0.116. The van der Waals surface area contributed by atoms with Crippen LogP contribution in [-0.4, -0.2) is 11.8 Å². The van der Waals surface area contributed by atoms with Crippen LogP contribution in [0.4, 0.5) is 11.4 Å². The largest absolute Gasteiger partial charge is 0.449 e. The molecule has 0 fully saturated rings. The van der Waals surface area contributed by atoms with Crippen molar-refractivity contribution in [3.63, 3.8) is 0 Å². The molecule has 3 rings (SSSR count). The lowest BCUT2D eigenvalue weighted by Crippen LogP contribution is -2.18. The Morgan fingerprint density at radius 1 is 1.00 bits per heavy atom. The number of fused-ring (bicyclic) bond motifs is 1. The molecule has 1 heterocycles. The average molecular weight is 364 g/mol. The van der Waals surface area contributed by atoms with Gasteiger partial charge in [0.2, 0.25) is 11.7 Å². The third kappa shape index (κ3) is 4.19. The molecule has 0 aliphatic heterocycles. The predicted octanol–water partition coefficient (Wildman–Crippen LogP) is 5.29. The molecular formula is C22H24N2O3. The van der Waals surface area contributed by atoms with E-state index in [9.17, 15) is 9.59 Å². The van der Waals surface area contributed by atoms with Gasteiger partial charge in [-0.05, 0) is 55.2 Å². The van der Waals surface area contributed by atoms with Gasteiger partial charge >= 0.3 is 0 Å². The van der Waals surface area contributed by atoms with E-state index in [1.807, 2.05) is 64.1 Å². The Kier molecular flexibility index (Phi) is 5.31. The van der Waals surface area contributed by atoms with Crippen molar-refractivity contribution in [2.24, 2.45) is 5.92 Å². The van der Waals surface area contributed by atoms with Crippen molar-refractivity contribution in [2.45, 2.75) is 34.1 Å². The molecule has 5 heteroatoms. The fourth-order valence-corrected chi connectivity index (χ4v) is 2.90. The van der Waals surface area contributed by atoms with Crippen LogP contribution in [0.3, 0.4) is 0 Å². The highest BCUT2D eigenvalue weighted by Gasteiger charge is 2.22. The summed E-state index contributed by atoms with van der Waals surface area (Å²) in [6.07, 6.45) is 0.373. The number of amides is 2. The maximum atomic E-state index is 12.8. The Hall–Kier alpha value is -3.08. The summed E-state index contributed by atoms with van der Waals surface area (Å²) in [5.41, 5.74) is 3.89. The molecule has 2 N–H and O–H groups in total. The maximum Gasteiger partial charge on any atom is 0.293 e. The van der Waals surface area contributed by atoms with E-state index in [1.54, 1.807) is 6.07 Å².